The molecule has 0 unspecified atom stereocenters. The van der Waals surface area contributed by atoms with Crippen molar-refractivity contribution in [2.75, 3.05) is 27.3 Å². The highest BCUT2D eigenvalue weighted by Gasteiger charge is 2.46. The van der Waals surface area contributed by atoms with Gasteiger partial charge in [-0.2, -0.15) is 0 Å². The molecular formula is C37H59N5O8. The number of ketones is 1. The fraction of sp³-hybridized carbons (Fsp3) is 0.838. The van der Waals surface area contributed by atoms with Gasteiger partial charge < -0.3 is 36.1 Å². The molecule has 3 aliphatic carbocycles. The Hall–Kier alpha value is -3.06. The number of rotatable bonds is 11. The van der Waals surface area contributed by atoms with Gasteiger partial charge in [0, 0.05) is 43.8 Å². The second-order valence-corrected chi connectivity index (χ2v) is 15.7. The summed E-state index contributed by atoms with van der Waals surface area (Å²) in [5, 5.41) is 3.07. The first-order valence-electron chi connectivity index (χ1n) is 19.1. The van der Waals surface area contributed by atoms with Crippen molar-refractivity contribution in [2.45, 2.75) is 139 Å². The van der Waals surface area contributed by atoms with E-state index < -0.39 is 42.1 Å². The molecule has 50 heavy (non-hydrogen) atoms. The van der Waals surface area contributed by atoms with Gasteiger partial charge in [-0.1, -0.05) is 38.5 Å². The van der Waals surface area contributed by atoms with Gasteiger partial charge in [0.2, 0.25) is 17.7 Å². The number of ether oxygens (including phenoxy) is 2. The van der Waals surface area contributed by atoms with Crippen molar-refractivity contribution in [1.29, 1.82) is 0 Å². The first-order valence-corrected chi connectivity index (χ1v) is 19.1. The van der Waals surface area contributed by atoms with Gasteiger partial charge in [-0.15, -0.1) is 0 Å². The molecule has 5 rings (SSSR count). The van der Waals surface area contributed by atoms with Crippen molar-refractivity contribution < 1.29 is 38.2 Å². The van der Waals surface area contributed by atoms with Crippen LogP contribution in [-0.4, -0.2) is 103 Å². The second kappa shape index (κ2) is 17.4. The van der Waals surface area contributed by atoms with Gasteiger partial charge in [0.1, 0.15) is 17.9 Å². The lowest BCUT2D eigenvalue weighted by Crippen LogP contribution is -2.52. The molecule has 0 aromatic carbocycles. The predicted molar refractivity (Wildman–Crippen MR) is 184 cm³/mol. The number of hydrogen-bond donors (Lipinski definition) is 3. The number of nitrogens with one attached hydrogen (secondary N) is 1. The summed E-state index contributed by atoms with van der Waals surface area (Å²) in [6.07, 6.45) is 13.3. The summed E-state index contributed by atoms with van der Waals surface area (Å²) in [7, 11) is 2.61. The molecule has 0 bridgehead atoms. The normalized spacial score (nSPS) is 30.7. The molecule has 3 saturated carbocycles. The van der Waals surface area contributed by atoms with E-state index in [0.29, 0.717) is 38.6 Å². The van der Waals surface area contributed by atoms with E-state index >= 15 is 0 Å². The van der Waals surface area contributed by atoms with Crippen LogP contribution in [0.15, 0.2) is 0 Å². The Bertz CT molecular complexity index is 1150. The van der Waals surface area contributed by atoms with Crippen LogP contribution in [0.5, 0.6) is 0 Å². The smallest absolute Gasteiger partial charge is 0.328 e. The lowest BCUT2D eigenvalue weighted by Gasteiger charge is -2.32. The predicted octanol–water partition coefficient (Wildman–Crippen LogP) is 2.22. The third-order valence-electron chi connectivity index (χ3n) is 12.5. The molecular weight excluding hydrogens is 642 g/mol. The molecule has 0 aromatic heterocycles. The minimum atomic E-state index is -0.788. The van der Waals surface area contributed by atoms with E-state index in [1.54, 1.807) is 4.90 Å². The largest absolute Gasteiger partial charge is 0.467 e. The number of Topliss-reactive ketones (excluding diaryl/α,β-unsaturated/α-hetero) is 1. The number of hydrogen-bond acceptors (Lipinski definition) is 10. The molecule has 280 valence electrons. The van der Waals surface area contributed by atoms with E-state index in [1.165, 1.54) is 19.1 Å². The number of esters is 2. The highest BCUT2D eigenvalue weighted by atomic mass is 16.5. The Morgan fingerprint density at radius 3 is 1.60 bits per heavy atom. The number of nitrogens with two attached hydrogens (primary N) is 2. The maximum atomic E-state index is 13.5. The number of methoxy groups -OCH3 is 2. The number of carbonyl (C=O) groups excluding carboxylic acids is 6. The summed E-state index contributed by atoms with van der Waals surface area (Å²) < 4.78 is 10.0. The van der Waals surface area contributed by atoms with Gasteiger partial charge in [0.25, 0.3) is 0 Å². The molecule has 3 amide bonds. The van der Waals surface area contributed by atoms with Crippen molar-refractivity contribution in [3.8, 4) is 0 Å². The highest BCUT2D eigenvalue weighted by Crippen LogP contribution is 2.36. The summed E-state index contributed by atoms with van der Waals surface area (Å²) in [6, 6.07) is -3.25. The number of nitrogens with zero attached hydrogens (tertiary/aromatic N) is 2. The molecule has 2 aliphatic heterocycles. The number of likely N-dealkylation sites (tertiary alicyclic amines) is 2. The van der Waals surface area contributed by atoms with Crippen LogP contribution in [0.4, 0.5) is 0 Å². The first kappa shape index (κ1) is 38.2. The monoisotopic (exact) mass is 701 g/mol. The zero-order valence-electron chi connectivity index (χ0n) is 30.0. The van der Waals surface area contributed by atoms with Gasteiger partial charge in [-0.05, 0) is 75.5 Å². The molecule has 5 fully saturated rings. The van der Waals surface area contributed by atoms with Crippen molar-refractivity contribution in [1.82, 2.24) is 15.1 Å². The standard InChI is InChI=1S/C37H59N5O8/c1-49-36(47)28-17-22(20-41(28)34(45)31(38)24-9-5-3-6-10-24)18-30(43)23-13-15-26(16-14-23)33(44)40-27-19-29(37(48)50-2)42(21-27)35(46)32(39)25-11-7-4-8-12-25/h22-29,31-32H,3-21,38-39H2,1-2H3,(H,40,44)/t22-,23?,26?,27+,28+,29+,31+,32+/m1/s1. The van der Waals surface area contributed by atoms with E-state index in [-0.39, 0.29) is 72.5 Å². The fourth-order valence-electron chi connectivity index (χ4n) is 9.44. The molecule has 2 saturated heterocycles. The van der Waals surface area contributed by atoms with Crippen LogP contribution in [0.3, 0.4) is 0 Å². The van der Waals surface area contributed by atoms with E-state index in [1.807, 2.05) is 0 Å². The molecule has 13 nitrogen and oxygen atoms in total. The van der Waals surface area contributed by atoms with Crippen LogP contribution < -0.4 is 16.8 Å². The Labute approximate surface area is 296 Å². The molecule has 6 atom stereocenters. The number of carbonyl (C=O) groups is 6. The van der Waals surface area contributed by atoms with Crippen LogP contribution in [0.25, 0.3) is 0 Å². The van der Waals surface area contributed by atoms with E-state index in [0.717, 1.165) is 64.2 Å². The molecule has 2 heterocycles. The Kier molecular flexibility index (Phi) is 13.3. The SMILES string of the molecule is COC(=O)[C@@H]1C[C@H](CC(=O)C2CCC(C(=O)N[C@H]3C[C@@H](C(=O)OC)N(C(=O)[C@@H](N)C4CCCCC4)C3)CC2)CN1C(=O)[C@@H](N)C1CCCCC1. The van der Waals surface area contributed by atoms with Crippen molar-refractivity contribution in [3.63, 3.8) is 0 Å². The van der Waals surface area contributed by atoms with Crippen LogP contribution in [0, 0.1) is 29.6 Å². The minimum Gasteiger partial charge on any atom is -0.467 e. The summed E-state index contributed by atoms with van der Waals surface area (Å²) >= 11 is 0. The quantitative estimate of drug-likeness (QED) is 0.269. The summed E-state index contributed by atoms with van der Waals surface area (Å²) in [5.74, 6) is -1.91. The fourth-order valence-corrected chi connectivity index (χ4v) is 9.44. The summed E-state index contributed by atoms with van der Waals surface area (Å²) in [5.41, 5.74) is 12.8. The second-order valence-electron chi connectivity index (χ2n) is 15.7. The topological polar surface area (TPSA) is 191 Å². The van der Waals surface area contributed by atoms with Crippen molar-refractivity contribution >= 4 is 35.4 Å². The lowest BCUT2D eigenvalue weighted by atomic mass is 9.77. The first-order chi connectivity index (χ1) is 24.0. The van der Waals surface area contributed by atoms with E-state index in [2.05, 4.69) is 5.32 Å². The van der Waals surface area contributed by atoms with Gasteiger partial charge in [-0.3, -0.25) is 19.2 Å². The third-order valence-corrected chi connectivity index (χ3v) is 12.5. The van der Waals surface area contributed by atoms with Gasteiger partial charge in [-0.25, -0.2) is 9.59 Å². The molecule has 0 radical (unpaired) electrons. The van der Waals surface area contributed by atoms with Crippen molar-refractivity contribution in [3.05, 3.63) is 0 Å². The molecule has 5 aliphatic rings. The van der Waals surface area contributed by atoms with Crippen molar-refractivity contribution in [2.24, 2.45) is 41.1 Å². The highest BCUT2D eigenvalue weighted by molar-refractivity contribution is 5.90. The Balaban J connectivity index is 1.10. The maximum absolute atomic E-state index is 13.5. The van der Waals surface area contributed by atoms with Crippen LogP contribution in [0.2, 0.25) is 0 Å². The van der Waals surface area contributed by atoms with Gasteiger partial charge in [0.05, 0.1) is 26.3 Å². The maximum Gasteiger partial charge on any atom is 0.328 e. The summed E-state index contributed by atoms with van der Waals surface area (Å²) in [6.45, 7) is 0.513. The Morgan fingerprint density at radius 1 is 0.640 bits per heavy atom. The number of amides is 3. The molecule has 13 heteroatoms. The van der Waals surface area contributed by atoms with E-state index in [9.17, 15) is 28.8 Å². The van der Waals surface area contributed by atoms with Gasteiger partial charge >= 0.3 is 11.9 Å². The third kappa shape index (κ3) is 8.86. The lowest BCUT2D eigenvalue weighted by molar-refractivity contribution is -0.152. The van der Waals surface area contributed by atoms with Crippen LogP contribution in [-0.2, 0) is 38.2 Å². The minimum absolute atomic E-state index is 0.0926. The van der Waals surface area contributed by atoms with Crippen LogP contribution in [0.1, 0.15) is 109 Å². The van der Waals surface area contributed by atoms with E-state index in [4.69, 9.17) is 20.9 Å². The Morgan fingerprint density at radius 2 is 1.10 bits per heavy atom. The molecule has 0 aromatic rings. The van der Waals surface area contributed by atoms with Gasteiger partial charge in [0.15, 0.2) is 0 Å². The average molecular weight is 702 g/mol. The average Bonchev–Trinajstić information content (AvgIpc) is 3.78. The summed E-state index contributed by atoms with van der Waals surface area (Å²) in [4.78, 5) is 82.1. The molecule has 0 spiro atoms. The zero-order chi connectivity index (χ0) is 35.9. The molecule has 5 N–H and O–H groups in total. The van der Waals surface area contributed by atoms with Crippen LogP contribution >= 0.6 is 0 Å². The zero-order valence-corrected chi connectivity index (χ0v) is 30.0.